The van der Waals surface area contributed by atoms with E-state index >= 15 is 0 Å². The van der Waals surface area contributed by atoms with Crippen LogP contribution in [0.25, 0.3) is 0 Å². The van der Waals surface area contributed by atoms with E-state index in [0.29, 0.717) is 45.0 Å². The summed E-state index contributed by atoms with van der Waals surface area (Å²) in [6, 6.07) is 7.57. The molecule has 2 amide bonds. The molecule has 8 nitrogen and oxygen atoms in total. The first-order valence-electron chi connectivity index (χ1n) is 11.1. The fourth-order valence-electron chi connectivity index (χ4n) is 4.15. The van der Waals surface area contributed by atoms with Crippen LogP contribution in [0.3, 0.4) is 0 Å². The highest BCUT2D eigenvalue weighted by Crippen LogP contribution is 2.23. The van der Waals surface area contributed by atoms with Crippen molar-refractivity contribution in [1.29, 1.82) is 0 Å². The second-order valence-corrected chi connectivity index (χ2v) is 7.90. The predicted molar refractivity (Wildman–Crippen MR) is 115 cm³/mol. The van der Waals surface area contributed by atoms with Crippen molar-refractivity contribution >= 4 is 11.8 Å². The van der Waals surface area contributed by atoms with E-state index in [1.165, 1.54) is 0 Å². The van der Waals surface area contributed by atoms with Crippen LogP contribution in [0.15, 0.2) is 24.3 Å². The summed E-state index contributed by atoms with van der Waals surface area (Å²) in [4.78, 5) is 27.1. The first-order valence-corrected chi connectivity index (χ1v) is 11.1. The fraction of sp³-hybridized carbons (Fsp3) is 0.522. The topological polar surface area (TPSA) is 85.7 Å². The Morgan fingerprint density at radius 2 is 1.97 bits per heavy atom. The summed E-state index contributed by atoms with van der Waals surface area (Å²) in [6.45, 7) is 6.19. The van der Waals surface area contributed by atoms with Crippen molar-refractivity contribution in [3.63, 3.8) is 0 Å². The van der Waals surface area contributed by atoms with Crippen LogP contribution in [0.2, 0.25) is 0 Å². The highest BCUT2D eigenvalue weighted by atomic mass is 16.5. The van der Waals surface area contributed by atoms with Crippen molar-refractivity contribution in [2.45, 2.75) is 45.8 Å². The molecule has 0 atom stereocenters. The maximum Gasteiger partial charge on any atom is 0.274 e. The van der Waals surface area contributed by atoms with Crippen LogP contribution in [0.1, 0.15) is 47.1 Å². The number of hydrogen-bond acceptors (Lipinski definition) is 5. The number of carbonyl (C=O) groups excluding carboxylic acids is 2. The van der Waals surface area contributed by atoms with Gasteiger partial charge in [0.15, 0.2) is 5.69 Å². The third kappa shape index (κ3) is 5.07. The number of rotatable bonds is 8. The third-order valence-electron chi connectivity index (χ3n) is 5.74. The zero-order chi connectivity index (χ0) is 21.6. The molecule has 2 aromatic rings. The normalized spacial score (nSPS) is 15.6. The number of amides is 2. The number of nitrogens with zero attached hydrogens (tertiary/aromatic N) is 3. The molecule has 0 saturated carbocycles. The lowest BCUT2D eigenvalue weighted by Gasteiger charge is -2.17. The van der Waals surface area contributed by atoms with Gasteiger partial charge in [0.2, 0.25) is 5.91 Å². The summed E-state index contributed by atoms with van der Waals surface area (Å²) >= 11 is 0. The van der Waals surface area contributed by atoms with Crippen LogP contribution in [-0.4, -0.2) is 59.3 Å². The molecule has 1 N–H and O–H groups in total. The number of aromatic nitrogens is 2. The Kier molecular flexibility index (Phi) is 6.86. The van der Waals surface area contributed by atoms with E-state index < -0.39 is 0 Å². The van der Waals surface area contributed by atoms with Gasteiger partial charge in [-0.15, -0.1) is 0 Å². The van der Waals surface area contributed by atoms with Crippen molar-refractivity contribution in [3.05, 3.63) is 46.8 Å². The monoisotopic (exact) mass is 426 g/mol. The molecule has 1 fully saturated rings. The molecule has 1 aromatic heterocycles. The van der Waals surface area contributed by atoms with Crippen LogP contribution >= 0.6 is 0 Å². The smallest absolute Gasteiger partial charge is 0.274 e. The molecule has 1 aromatic carbocycles. The molecule has 31 heavy (non-hydrogen) atoms. The van der Waals surface area contributed by atoms with E-state index in [4.69, 9.17) is 9.47 Å². The predicted octanol–water partition coefficient (Wildman–Crippen LogP) is 1.95. The molecule has 0 bridgehead atoms. The van der Waals surface area contributed by atoms with Crippen molar-refractivity contribution in [3.8, 4) is 5.75 Å². The van der Waals surface area contributed by atoms with Gasteiger partial charge >= 0.3 is 0 Å². The van der Waals surface area contributed by atoms with E-state index in [1.807, 2.05) is 40.8 Å². The Balaban J connectivity index is 1.34. The third-order valence-corrected chi connectivity index (χ3v) is 5.74. The van der Waals surface area contributed by atoms with Gasteiger partial charge < -0.3 is 19.7 Å². The molecule has 4 rings (SSSR count). The molecule has 2 aliphatic heterocycles. The first kappa shape index (κ1) is 21.4. The second-order valence-electron chi connectivity index (χ2n) is 7.90. The molecular formula is C23H30N4O4. The van der Waals surface area contributed by atoms with Gasteiger partial charge in [-0.05, 0) is 37.5 Å². The second kappa shape index (κ2) is 9.96. The molecular weight excluding hydrogens is 396 g/mol. The molecule has 0 radical (unpaired) electrons. The highest BCUT2D eigenvalue weighted by Gasteiger charge is 2.29. The number of benzene rings is 1. The molecule has 0 aliphatic carbocycles. The highest BCUT2D eigenvalue weighted by molar-refractivity contribution is 5.94. The Labute approximate surface area is 182 Å². The van der Waals surface area contributed by atoms with E-state index in [0.717, 1.165) is 54.9 Å². The van der Waals surface area contributed by atoms with Gasteiger partial charge in [-0.1, -0.05) is 12.1 Å². The molecule has 0 unspecified atom stereocenters. The number of nitrogens with one attached hydrogen (secondary N) is 1. The summed E-state index contributed by atoms with van der Waals surface area (Å²) < 4.78 is 12.9. The van der Waals surface area contributed by atoms with Gasteiger partial charge in [0.25, 0.3) is 5.91 Å². The van der Waals surface area contributed by atoms with Crippen LogP contribution < -0.4 is 10.1 Å². The Morgan fingerprint density at radius 1 is 1.19 bits per heavy atom. The van der Waals surface area contributed by atoms with Gasteiger partial charge in [0, 0.05) is 37.3 Å². The first-order chi connectivity index (χ1) is 15.2. The van der Waals surface area contributed by atoms with Gasteiger partial charge in [0.05, 0.1) is 32.8 Å². The minimum Gasteiger partial charge on any atom is -0.494 e. The number of ether oxygens (including phenoxy) is 2. The molecule has 2 aliphatic rings. The van der Waals surface area contributed by atoms with E-state index in [-0.39, 0.29) is 11.8 Å². The Bertz CT molecular complexity index is 916. The lowest BCUT2D eigenvalue weighted by molar-refractivity contribution is -0.120. The Hall–Kier alpha value is -2.87. The minimum atomic E-state index is -0.0399. The number of likely N-dealkylation sites (tertiary alicyclic amines) is 1. The summed E-state index contributed by atoms with van der Waals surface area (Å²) in [5, 5.41) is 7.59. The van der Waals surface area contributed by atoms with Gasteiger partial charge in [-0.25, -0.2) is 0 Å². The van der Waals surface area contributed by atoms with Crippen molar-refractivity contribution in [2.75, 3.05) is 32.8 Å². The lowest BCUT2D eigenvalue weighted by atomic mass is 10.1. The largest absolute Gasteiger partial charge is 0.494 e. The maximum atomic E-state index is 12.9. The average molecular weight is 427 g/mol. The fourth-order valence-corrected chi connectivity index (χ4v) is 4.15. The summed E-state index contributed by atoms with van der Waals surface area (Å²) in [5.41, 5.74) is 3.41. The van der Waals surface area contributed by atoms with Crippen LogP contribution in [0.5, 0.6) is 5.75 Å². The van der Waals surface area contributed by atoms with Crippen LogP contribution in [-0.2, 0) is 35.5 Å². The van der Waals surface area contributed by atoms with Crippen LogP contribution in [0.4, 0.5) is 0 Å². The molecule has 166 valence electrons. The van der Waals surface area contributed by atoms with Gasteiger partial charge in [-0.3, -0.25) is 14.3 Å². The maximum absolute atomic E-state index is 12.9. The van der Waals surface area contributed by atoms with Crippen LogP contribution in [0, 0.1) is 0 Å². The number of carbonyl (C=O) groups is 2. The Morgan fingerprint density at radius 3 is 2.71 bits per heavy atom. The van der Waals surface area contributed by atoms with E-state index in [2.05, 4.69) is 10.4 Å². The number of fused-ring (bicyclic) bond motifs is 1. The summed E-state index contributed by atoms with van der Waals surface area (Å²) in [6.07, 6.45) is 3.14. The molecule has 1 saturated heterocycles. The molecule has 0 spiro atoms. The zero-order valence-corrected chi connectivity index (χ0v) is 18.1. The van der Waals surface area contributed by atoms with Crippen molar-refractivity contribution in [1.82, 2.24) is 20.0 Å². The summed E-state index contributed by atoms with van der Waals surface area (Å²) in [7, 11) is 0. The van der Waals surface area contributed by atoms with Crippen molar-refractivity contribution < 1.29 is 19.1 Å². The van der Waals surface area contributed by atoms with Gasteiger partial charge in [0.1, 0.15) is 5.75 Å². The average Bonchev–Trinajstić information content (AvgIpc) is 3.44. The quantitative estimate of drug-likeness (QED) is 0.697. The molecule has 3 heterocycles. The molecule has 8 heteroatoms. The summed E-state index contributed by atoms with van der Waals surface area (Å²) in [5.74, 6) is 0.762. The van der Waals surface area contributed by atoms with Gasteiger partial charge in [-0.2, -0.15) is 5.10 Å². The lowest BCUT2D eigenvalue weighted by Crippen LogP contribution is -2.30. The number of hydrogen-bond donors (Lipinski definition) is 1. The minimum absolute atomic E-state index is 0.00228. The zero-order valence-electron chi connectivity index (χ0n) is 18.1. The standard InChI is InChI=1S/C23H30N4O4/c1-2-31-18-7-5-17(6-8-18)15-21(28)24-10-13-27-20-9-14-30-16-19(20)22(25-27)23(29)26-11-3-4-12-26/h5-8H,2-4,9-16H2,1H3,(H,24,28). The van der Waals surface area contributed by atoms with Crippen molar-refractivity contribution in [2.24, 2.45) is 0 Å². The SMILES string of the molecule is CCOc1ccc(CC(=O)NCCn2nc(C(=O)N3CCCC3)c3c2CCOC3)cc1. The van der Waals surface area contributed by atoms with E-state index in [9.17, 15) is 9.59 Å². The van der Waals surface area contributed by atoms with E-state index in [1.54, 1.807) is 0 Å².